The summed E-state index contributed by atoms with van der Waals surface area (Å²) in [5, 5.41) is 0. The molecule has 4 saturated carbocycles. The minimum absolute atomic E-state index is 0.0657. The van der Waals surface area contributed by atoms with Crippen molar-refractivity contribution in [3.05, 3.63) is 11.6 Å². The van der Waals surface area contributed by atoms with Gasteiger partial charge in [-0.05, 0) is 166 Å². The highest BCUT2D eigenvalue weighted by atomic mass is 16.5. The first-order chi connectivity index (χ1) is 17.0. The van der Waals surface area contributed by atoms with E-state index in [0.717, 1.165) is 29.6 Å². The van der Waals surface area contributed by atoms with Crippen LogP contribution in [0, 0.1) is 46.3 Å². The van der Waals surface area contributed by atoms with Crippen molar-refractivity contribution in [1.82, 2.24) is 0 Å². The van der Waals surface area contributed by atoms with Crippen LogP contribution >= 0.6 is 0 Å². The second-order valence-electron chi connectivity index (χ2n) is 16.7. The Bertz CT molecular complexity index is 810. The zero-order chi connectivity index (χ0) is 27.4. The maximum atomic E-state index is 7.01. The van der Waals surface area contributed by atoms with Crippen LogP contribution in [0.15, 0.2) is 11.6 Å². The molecule has 0 radical (unpaired) electrons. The summed E-state index contributed by atoms with van der Waals surface area (Å²) in [4.78, 5) is 0. The fraction of sp³-hybridized carbons (Fsp3) is 0.943. The molecule has 0 aromatic heterocycles. The summed E-state index contributed by atoms with van der Waals surface area (Å²) in [6.45, 7) is 25.9. The molecule has 4 aliphatic rings. The summed E-state index contributed by atoms with van der Waals surface area (Å²) in [5.74, 6) is 4.94. The molecule has 214 valence electrons. The maximum absolute atomic E-state index is 7.01. The summed E-state index contributed by atoms with van der Waals surface area (Å²) in [5.41, 5.74) is 2.23. The van der Waals surface area contributed by atoms with Crippen molar-refractivity contribution in [2.75, 3.05) is 0 Å². The largest absolute Gasteiger partial charge is 0.373 e. The van der Waals surface area contributed by atoms with Crippen molar-refractivity contribution in [3.63, 3.8) is 0 Å². The Labute approximate surface area is 231 Å². The van der Waals surface area contributed by atoms with Crippen molar-refractivity contribution < 1.29 is 9.47 Å². The highest BCUT2D eigenvalue weighted by Gasteiger charge is 2.63. The molecule has 37 heavy (non-hydrogen) atoms. The molecule has 0 heterocycles. The van der Waals surface area contributed by atoms with Gasteiger partial charge >= 0.3 is 0 Å². The second-order valence-corrected chi connectivity index (χ2v) is 16.7. The van der Waals surface area contributed by atoms with Crippen LogP contribution in [0.1, 0.15) is 140 Å². The molecular formula is C35H62O2. The van der Waals surface area contributed by atoms with Crippen LogP contribution in [0.5, 0.6) is 0 Å². The highest BCUT2D eigenvalue weighted by Crippen LogP contribution is 2.69. The fourth-order valence-corrected chi connectivity index (χ4v) is 10.2. The lowest BCUT2D eigenvalue weighted by Gasteiger charge is -2.63. The van der Waals surface area contributed by atoms with Crippen molar-refractivity contribution in [1.29, 1.82) is 0 Å². The number of rotatable bonds is 6. The number of hydrogen-bond acceptors (Lipinski definition) is 2. The van der Waals surface area contributed by atoms with E-state index in [4.69, 9.17) is 9.47 Å². The number of allylic oxidation sites excluding steroid dienone is 2. The topological polar surface area (TPSA) is 18.5 Å². The normalized spacial score (nSPS) is 42.9. The Hall–Kier alpha value is -0.340. The van der Waals surface area contributed by atoms with Gasteiger partial charge in [0, 0.05) is 0 Å². The lowest BCUT2D eigenvalue weighted by molar-refractivity contribution is -0.219. The van der Waals surface area contributed by atoms with Gasteiger partial charge in [-0.2, -0.15) is 0 Å². The molecule has 0 spiro atoms. The van der Waals surface area contributed by atoms with Crippen LogP contribution in [0.2, 0.25) is 0 Å². The number of ether oxygens (including phenoxy) is 2. The highest BCUT2D eigenvalue weighted by molar-refractivity contribution is 5.12. The van der Waals surface area contributed by atoms with Gasteiger partial charge in [-0.25, -0.2) is 0 Å². The molecule has 0 aliphatic heterocycles. The van der Waals surface area contributed by atoms with Crippen LogP contribution in [0.4, 0.5) is 0 Å². The molecule has 0 bridgehead atoms. The smallest absolute Gasteiger partial charge is 0.0619 e. The van der Waals surface area contributed by atoms with Crippen molar-refractivity contribution in [3.8, 4) is 0 Å². The van der Waals surface area contributed by atoms with Crippen LogP contribution in [-0.2, 0) is 9.47 Å². The van der Waals surface area contributed by atoms with E-state index in [0.29, 0.717) is 29.0 Å². The third-order valence-corrected chi connectivity index (χ3v) is 11.6. The third-order valence-electron chi connectivity index (χ3n) is 11.6. The first-order valence-corrected chi connectivity index (χ1v) is 16.0. The first kappa shape index (κ1) is 29.6. The molecule has 0 unspecified atom stereocenters. The predicted octanol–water partition coefficient (Wildman–Crippen LogP) is 10.0. The van der Waals surface area contributed by atoms with E-state index in [1.165, 1.54) is 69.8 Å². The quantitative estimate of drug-likeness (QED) is 0.328. The Morgan fingerprint density at radius 3 is 2.05 bits per heavy atom. The minimum atomic E-state index is -0.0914. The van der Waals surface area contributed by atoms with Crippen molar-refractivity contribution in [2.45, 2.75) is 164 Å². The average molecular weight is 515 g/mol. The molecule has 0 saturated heterocycles. The molecule has 4 aliphatic carbocycles. The molecule has 4 rings (SSSR count). The zero-order valence-corrected chi connectivity index (χ0v) is 26.6. The molecule has 0 aromatic carbocycles. The molecule has 0 N–H and O–H groups in total. The van der Waals surface area contributed by atoms with E-state index in [-0.39, 0.29) is 11.2 Å². The standard InChI is InChI=1S/C35H62O2/c1-23(2)13-12-14-24(3)27-15-16-28-26-22-31(37-33(7,8)9)30-21-25(36-32(4,5)6)17-19-35(30,11)29(26)18-20-34(27,28)10/h13,24-31H,12,14-22H2,1-11H3/t24-,25-,26+,27-,28+,29+,30+,31+,34-,35-/m1/s1. The molecule has 4 fully saturated rings. The van der Waals surface area contributed by atoms with Gasteiger partial charge < -0.3 is 9.47 Å². The molecule has 0 aromatic rings. The molecule has 0 amide bonds. The summed E-state index contributed by atoms with van der Waals surface area (Å²) in [7, 11) is 0. The third kappa shape index (κ3) is 6.21. The summed E-state index contributed by atoms with van der Waals surface area (Å²) < 4.78 is 13.6. The monoisotopic (exact) mass is 514 g/mol. The summed E-state index contributed by atoms with van der Waals surface area (Å²) >= 11 is 0. The Morgan fingerprint density at radius 1 is 0.811 bits per heavy atom. The lowest BCUT2D eigenvalue weighted by atomic mass is 9.43. The van der Waals surface area contributed by atoms with Gasteiger partial charge in [0.05, 0.1) is 23.4 Å². The van der Waals surface area contributed by atoms with Gasteiger partial charge in [0.2, 0.25) is 0 Å². The Morgan fingerprint density at radius 2 is 1.43 bits per heavy atom. The van der Waals surface area contributed by atoms with E-state index < -0.39 is 0 Å². The maximum Gasteiger partial charge on any atom is 0.0619 e. The molecule has 2 nitrogen and oxygen atoms in total. The minimum Gasteiger partial charge on any atom is -0.373 e. The summed E-state index contributed by atoms with van der Waals surface area (Å²) in [6.07, 6.45) is 16.6. The van der Waals surface area contributed by atoms with E-state index >= 15 is 0 Å². The van der Waals surface area contributed by atoms with E-state index in [1.54, 1.807) is 0 Å². The fourth-order valence-electron chi connectivity index (χ4n) is 10.2. The van der Waals surface area contributed by atoms with Gasteiger partial charge in [-0.1, -0.05) is 32.4 Å². The average Bonchev–Trinajstić information content (AvgIpc) is 3.10. The number of hydrogen-bond donors (Lipinski definition) is 0. The van der Waals surface area contributed by atoms with Gasteiger partial charge in [0.25, 0.3) is 0 Å². The van der Waals surface area contributed by atoms with Crippen molar-refractivity contribution >= 4 is 0 Å². The van der Waals surface area contributed by atoms with Gasteiger partial charge in [0.15, 0.2) is 0 Å². The second kappa shape index (κ2) is 10.6. The molecular weight excluding hydrogens is 452 g/mol. The SMILES string of the molecule is CC(C)=CCC[C@@H](C)[C@H]1CC[C@H]2[C@@H]3C[C@H](OC(C)(C)C)[C@@H]4C[C@H](OC(C)(C)C)CC[C@]4(C)[C@H]3CC[C@]12C. The lowest BCUT2D eigenvalue weighted by Crippen LogP contribution is -2.60. The Balaban J connectivity index is 1.57. The van der Waals surface area contributed by atoms with Crippen LogP contribution < -0.4 is 0 Å². The van der Waals surface area contributed by atoms with Gasteiger partial charge in [0.1, 0.15) is 0 Å². The van der Waals surface area contributed by atoms with Crippen molar-refractivity contribution in [2.24, 2.45) is 46.3 Å². The van der Waals surface area contributed by atoms with E-state index in [9.17, 15) is 0 Å². The number of fused-ring (bicyclic) bond motifs is 5. The predicted molar refractivity (Wildman–Crippen MR) is 158 cm³/mol. The van der Waals surface area contributed by atoms with Gasteiger partial charge in [-0.3, -0.25) is 0 Å². The zero-order valence-electron chi connectivity index (χ0n) is 26.6. The first-order valence-electron chi connectivity index (χ1n) is 16.0. The van der Waals surface area contributed by atoms with Crippen LogP contribution in [-0.4, -0.2) is 23.4 Å². The van der Waals surface area contributed by atoms with Crippen LogP contribution in [0.25, 0.3) is 0 Å². The molecule has 2 heteroatoms. The van der Waals surface area contributed by atoms with E-state index in [1.807, 2.05) is 0 Å². The molecule has 10 atom stereocenters. The van der Waals surface area contributed by atoms with Gasteiger partial charge in [-0.15, -0.1) is 0 Å². The Kier molecular flexibility index (Phi) is 8.47. The summed E-state index contributed by atoms with van der Waals surface area (Å²) in [6, 6.07) is 0. The van der Waals surface area contributed by atoms with Crippen LogP contribution in [0.3, 0.4) is 0 Å². The van der Waals surface area contributed by atoms with E-state index in [2.05, 4.69) is 82.2 Å².